The molecule has 10 atom stereocenters. The van der Waals surface area contributed by atoms with Gasteiger partial charge in [-0.15, -0.1) is 0 Å². The van der Waals surface area contributed by atoms with Crippen molar-refractivity contribution in [2.75, 3.05) is 33.5 Å². The Morgan fingerprint density at radius 2 is 1.65 bits per heavy atom. The number of methoxy groups -OCH3 is 1. The number of fused-ring (bicyclic) bond motifs is 7. The van der Waals surface area contributed by atoms with Crippen molar-refractivity contribution in [2.24, 2.45) is 50.2 Å². The lowest BCUT2D eigenvalue weighted by Crippen LogP contribution is -2.66. The third kappa shape index (κ3) is 5.60. The van der Waals surface area contributed by atoms with Gasteiger partial charge >= 0.3 is 11.9 Å². The zero-order chi connectivity index (χ0) is 33.9. The van der Waals surface area contributed by atoms with Gasteiger partial charge in [0, 0.05) is 13.0 Å². The lowest BCUT2D eigenvalue weighted by Gasteiger charge is -2.70. The minimum atomic E-state index is -0.743. The SMILES string of the molecule is COCC(C)OC(=O)COCCO[C@H]1CC[C@]2(C)[C@H]3C(=O)C=C4[C@@H]5C[C@@](C)(C(=O)O)CC[C@]5(C)CC[C@@]4(C)[C@]3(C)CC[C@H]2C1(C)C. The molecule has 4 saturated carbocycles. The van der Waals surface area contributed by atoms with Crippen molar-refractivity contribution in [1.29, 1.82) is 0 Å². The van der Waals surface area contributed by atoms with Crippen molar-refractivity contribution >= 4 is 17.7 Å². The molecule has 5 aliphatic rings. The van der Waals surface area contributed by atoms with Crippen LogP contribution in [-0.2, 0) is 33.3 Å². The summed E-state index contributed by atoms with van der Waals surface area (Å²) in [5, 5.41) is 10.2. The number of carboxylic acid groups (broad SMARTS) is 1. The van der Waals surface area contributed by atoms with Crippen molar-refractivity contribution in [3.05, 3.63) is 11.6 Å². The van der Waals surface area contributed by atoms with Crippen molar-refractivity contribution in [3.63, 3.8) is 0 Å². The molecule has 0 radical (unpaired) electrons. The van der Waals surface area contributed by atoms with Gasteiger partial charge in [0.05, 0.1) is 31.3 Å². The highest BCUT2D eigenvalue weighted by Crippen LogP contribution is 2.75. The number of ether oxygens (including phenoxy) is 4. The van der Waals surface area contributed by atoms with E-state index in [-0.39, 0.29) is 63.5 Å². The summed E-state index contributed by atoms with van der Waals surface area (Å²) in [5.41, 5.74) is -0.0240. The molecule has 8 nitrogen and oxygen atoms in total. The highest BCUT2D eigenvalue weighted by atomic mass is 16.6. The first kappa shape index (κ1) is 35.5. The predicted molar refractivity (Wildman–Crippen MR) is 175 cm³/mol. The van der Waals surface area contributed by atoms with Crippen LogP contribution in [0.5, 0.6) is 0 Å². The number of carbonyl (C=O) groups is 3. The fourth-order valence-corrected chi connectivity index (χ4v) is 11.6. The summed E-state index contributed by atoms with van der Waals surface area (Å²) < 4.78 is 22.3. The van der Waals surface area contributed by atoms with Crippen molar-refractivity contribution in [1.82, 2.24) is 0 Å². The molecule has 0 amide bonds. The zero-order valence-electron chi connectivity index (χ0n) is 30.0. The summed E-state index contributed by atoms with van der Waals surface area (Å²) in [6.07, 6.45) is 9.98. The van der Waals surface area contributed by atoms with Crippen LogP contribution in [-0.4, -0.2) is 68.6 Å². The number of esters is 1. The number of aliphatic carboxylic acids is 1. The lowest BCUT2D eigenvalue weighted by atomic mass is 9.33. The number of hydrogen-bond acceptors (Lipinski definition) is 7. The molecule has 5 aliphatic carbocycles. The number of ketones is 1. The fraction of sp³-hybridized carbons (Fsp3) is 0.868. The van der Waals surface area contributed by atoms with Crippen LogP contribution in [0.15, 0.2) is 11.6 Å². The van der Waals surface area contributed by atoms with Gasteiger partial charge in [0.2, 0.25) is 0 Å². The van der Waals surface area contributed by atoms with Gasteiger partial charge in [-0.3, -0.25) is 9.59 Å². The largest absolute Gasteiger partial charge is 0.481 e. The van der Waals surface area contributed by atoms with E-state index in [4.69, 9.17) is 18.9 Å². The first-order chi connectivity index (χ1) is 21.4. The Morgan fingerprint density at radius 3 is 2.33 bits per heavy atom. The van der Waals surface area contributed by atoms with Crippen LogP contribution in [0, 0.1) is 50.2 Å². The van der Waals surface area contributed by atoms with Crippen LogP contribution >= 0.6 is 0 Å². The Labute approximate surface area is 276 Å². The summed E-state index contributed by atoms with van der Waals surface area (Å²) in [4.78, 5) is 39.0. The van der Waals surface area contributed by atoms with E-state index in [1.165, 1.54) is 5.57 Å². The Morgan fingerprint density at radius 1 is 0.957 bits per heavy atom. The molecule has 0 aliphatic heterocycles. The number of carboxylic acids is 1. The highest BCUT2D eigenvalue weighted by Gasteiger charge is 2.70. The number of carbonyl (C=O) groups excluding carboxylic acids is 2. The highest BCUT2D eigenvalue weighted by molar-refractivity contribution is 5.95. The number of rotatable bonds is 10. The zero-order valence-corrected chi connectivity index (χ0v) is 30.0. The van der Waals surface area contributed by atoms with Gasteiger partial charge in [-0.2, -0.15) is 0 Å². The molecule has 0 spiro atoms. The molecule has 0 bridgehead atoms. The van der Waals surface area contributed by atoms with E-state index in [2.05, 4.69) is 41.5 Å². The van der Waals surface area contributed by atoms with E-state index in [1.807, 2.05) is 13.0 Å². The van der Waals surface area contributed by atoms with E-state index < -0.39 is 17.4 Å². The van der Waals surface area contributed by atoms with Crippen molar-refractivity contribution < 1.29 is 38.4 Å². The molecule has 1 N–H and O–H groups in total. The first-order valence-corrected chi connectivity index (χ1v) is 17.7. The summed E-state index contributed by atoms with van der Waals surface area (Å²) in [7, 11) is 1.57. The molecular weight excluding hydrogens is 584 g/mol. The number of hydrogen-bond donors (Lipinski definition) is 1. The Hall–Kier alpha value is -1.77. The minimum absolute atomic E-state index is 0.0407. The van der Waals surface area contributed by atoms with Crippen LogP contribution in [0.2, 0.25) is 0 Å². The van der Waals surface area contributed by atoms with Gasteiger partial charge in [0.1, 0.15) is 12.7 Å². The predicted octanol–water partition coefficient (Wildman–Crippen LogP) is 7.03. The second kappa shape index (κ2) is 12.3. The maximum Gasteiger partial charge on any atom is 0.332 e. The van der Waals surface area contributed by atoms with E-state index in [0.29, 0.717) is 38.6 Å². The van der Waals surface area contributed by atoms with E-state index in [1.54, 1.807) is 14.0 Å². The molecule has 4 fully saturated rings. The Kier molecular flexibility index (Phi) is 9.49. The van der Waals surface area contributed by atoms with Crippen LogP contribution in [0.25, 0.3) is 0 Å². The van der Waals surface area contributed by atoms with E-state index in [9.17, 15) is 19.5 Å². The van der Waals surface area contributed by atoms with Gasteiger partial charge in [-0.1, -0.05) is 47.1 Å². The second-order valence-electron chi connectivity index (χ2n) is 17.6. The molecule has 0 heterocycles. The van der Waals surface area contributed by atoms with Crippen molar-refractivity contribution in [3.8, 4) is 0 Å². The smallest absolute Gasteiger partial charge is 0.332 e. The third-order valence-electron chi connectivity index (χ3n) is 14.5. The van der Waals surface area contributed by atoms with Crippen molar-refractivity contribution in [2.45, 2.75) is 125 Å². The third-order valence-corrected chi connectivity index (χ3v) is 14.5. The quantitative estimate of drug-likeness (QED) is 0.200. The maximum atomic E-state index is 14.6. The fourth-order valence-electron chi connectivity index (χ4n) is 11.6. The molecular formula is C38H60O8. The molecule has 0 aromatic rings. The average Bonchev–Trinajstić information content (AvgIpc) is 2.95. The first-order valence-electron chi connectivity index (χ1n) is 17.7. The summed E-state index contributed by atoms with van der Waals surface area (Å²) in [6, 6.07) is 0. The normalized spacial score (nSPS) is 43.7. The van der Waals surface area contributed by atoms with Gasteiger partial charge in [-0.25, -0.2) is 4.79 Å². The number of allylic oxidation sites excluding steroid dienone is 2. The van der Waals surface area contributed by atoms with Crippen LogP contribution in [0.4, 0.5) is 0 Å². The van der Waals surface area contributed by atoms with Gasteiger partial charge in [-0.05, 0) is 117 Å². The monoisotopic (exact) mass is 644 g/mol. The molecule has 0 aromatic carbocycles. The van der Waals surface area contributed by atoms with Crippen LogP contribution < -0.4 is 0 Å². The Bertz CT molecular complexity index is 1240. The summed E-state index contributed by atoms with van der Waals surface area (Å²) in [5.74, 6) is -0.452. The second-order valence-corrected chi connectivity index (χ2v) is 17.6. The molecule has 5 rings (SSSR count). The average molecular weight is 645 g/mol. The van der Waals surface area contributed by atoms with E-state index in [0.717, 1.165) is 44.9 Å². The molecule has 1 unspecified atom stereocenters. The van der Waals surface area contributed by atoms with Gasteiger partial charge in [0.25, 0.3) is 0 Å². The van der Waals surface area contributed by atoms with Crippen LogP contribution in [0.1, 0.15) is 113 Å². The lowest BCUT2D eigenvalue weighted by molar-refractivity contribution is -0.210. The standard InChI is InChI=1S/C38H60O8/c1-24(22-43-9)46-30(40)23-44-18-19-45-29-11-12-36(6)28(33(29,2)3)10-13-38(8)31(36)27(39)20-25-26-21-35(5,32(41)42)15-14-34(26,4)16-17-37(25,38)7/h20,24,26,28-29,31H,10-19,21-23H2,1-9H3,(H,41,42)/t24?,26-,28-,29-,31+,34+,35-,36-,37+,38+/m0/s1. The molecule has 260 valence electrons. The minimum Gasteiger partial charge on any atom is -0.481 e. The topological polar surface area (TPSA) is 108 Å². The Balaban J connectivity index is 1.31. The molecule has 46 heavy (non-hydrogen) atoms. The van der Waals surface area contributed by atoms with Crippen LogP contribution in [0.3, 0.4) is 0 Å². The van der Waals surface area contributed by atoms with E-state index >= 15 is 0 Å². The molecule has 0 saturated heterocycles. The van der Waals surface area contributed by atoms with Gasteiger partial charge in [0.15, 0.2) is 5.78 Å². The molecule has 8 heteroatoms. The maximum absolute atomic E-state index is 14.6. The van der Waals surface area contributed by atoms with Gasteiger partial charge < -0.3 is 24.1 Å². The molecule has 0 aromatic heterocycles. The summed E-state index contributed by atoms with van der Waals surface area (Å²) >= 11 is 0. The summed E-state index contributed by atoms with van der Waals surface area (Å²) in [6.45, 7) is 18.8.